The summed E-state index contributed by atoms with van der Waals surface area (Å²) in [6, 6.07) is 28.7. The predicted octanol–water partition coefficient (Wildman–Crippen LogP) is 7.09. The van der Waals surface area contributed by atoms with Gasteiger partial charge in [-0.25, -0.2) is 4.98 Å². The number of unbranched alkanes of at least 4 members (excludes halogenated alkanes) is 2. The average Bonchev–Trinajstić information content (AvgIpc) is 2.79. The molecule has 4 aromatic rings. The van der Waals surface area contributed by atoms with Gasteiger partial charge in [0.1, 0.15) is 0 Å². The Morgan fingerprint density at radius 2 is 1.53 bits per heavy atom. The summed E-state index contributed by atoms with van der Waals surface area (Å²) in [7, 11) is 0. The molecule has 0 saturated heterocycles. The number of amides is 1. The minimum Gasteiger partial charge on any atom is -0.326 e. The van der Waals surface area contributed by atoms with Crippen LogP contribution in [0.2, 0.25) is 0 Å². The molecular formula is C27H26N2O. The normalized spacial score (nSPS) is 10.8. The number of fused-ring (bicyclic) bond motifs is 1. The van der Waals surface area contributed by atoms with E-state index in [9.17, 15) is 4.79 Å². The molecule has 0 atom stereocenters. The van der Waals surface area contributed by atoms with Crippen molar-refractivity contribution < 1.29 is 4.79 Å². The van der Waals surface area contributed by atoms with Crippen LogP contribution in [0.4, 0.5) is 5.69 Å². The third-order valence-electron chi connectivity index (χ3n) is 5.24. The Morgan fingerprint density at radius 1 is 0.833 bits per heavy atom. The van der Waals surface area contributed by atoms with Gasteiger partial charge in [-0.3, -0.25) is 4.79 Å². The third kappa shape index (κ3) is 4.57. The van der Waals surface area contributed by atoms with Crippen LogP contribution in [0.25, 0.3) is 33.3 Å². The van der Waals surface area contributed by atoms with Crippen LogP contribution in [0.5, 0.6) is 0 Å². The molecule has 4 rings (SSSR count). The quantitative estimate of drug-likeness (QED) is 0.340. The van der Waals surface area contributed by atoms with E-state index in [0.29, 0.717) is 6.42 Å². The van der Waals surface area contributed by atoms with E-state index in [-0.39, 0.29) is 5.91 Å². The van der Waals surface area contributed by atoms with Crippen molar-refractivity contribution in [1.29, 1.82) is 0 Å². The second kappa shape index (κ2) is 9.36. The van der Waals surface area contributed by atoms with Gasteiger partial charge >= 0.3 is 0 Å². The van der Waals surface area contributed by atoms with E-state index in [2.05, 4.69) is 42.6 Å². The maximum atomic E-state index is 12.2. The molecule has 150 valence electrons. The smallest absolute Gasteiger partial charge is 0.224 e. The fraction of sp³-hybridized carbons (Fsp3) is 0.185. The number of pyridine rings is 1. The topological polar surface area (TPSA) is 42.0 Å². The number of carbonyl (C=O) groups is 1. The van der Waals surface area contributed by atoms with E-state index in [0.717, 1.165) is 58.2 Å². The molecule has 0 aliphatic rings. The highest BCUT2D eigenvalue weighted by molar-refractivity contribution is 5.96. The lowest BCUT2D eigenvalue weighted by atomic mass is 9.97. The van der Waals surface area contributed by atoms with Gasteiger partial charge in [-0.2, -0.15) is 0 Å². The van der Waals surface area contributed by atoms with Gasteiger partial charge in [0.05, 0.1) is 11.2 Å². The number of nitrogens with zero attached hydrogens (tertiary/aromatic N) is 1. The summed E-state index contributed by atoms with van der Waals surface area (Å²) in [5.74, 6) is 0.0694. The van der Waals surface area contributed by atoms with Gasteiger partial charge in [-0.1, -0.05) is 80.4 Å². The number of carbonyl (C=O) groups excluding carboxylic acids is 1. The molecule has 1 aromatic heterocycles. The minimum atomic E-state index is 0.0694. The van der Waals surface area contributed by atoms with Crippen molar-refractivity contribution in [2.75, 3.05) is 5.32 Å². The molecule has 0 aliphatic carbocycles. The molecule has 0 unspecified atom stereocenters. The van der Waals surface area contributed by atoms with Crippen molar-refractivity contribution >= 4 is 22.5 Å². The van der Waals surface area contributed by atoms with E-state index in [1.165, 1.54) is 0 Å². The zero-order valence-electron chi connectivity index (χ0n) is 17.3. The fourth-order valence-corrected chi connectivity index (χ4v) is 3.67. The molecule has 1 heterocycles. The highest BCUT2D eigenvalue weighted by Gasteiger charge is 2.12. The molecule has 30 heavy (non-hydrogen) atoms. The van der Waals surface area contributed by atoms with E-state index in [1.807, 2.05) is 54.6 Å². The third-order valence-corrected chi connectivity index (χ3v) is 5.24. The van der Waals surface area contributed by atoms with Crippen LogP contribution in [-0.2, 0) is 4.79 Å². The van der Waals surface area contributed by atoms with Crippen molar-refractivity contribution in [3.63, 3.8) is 0 Å². The predicted molar refractivity (Wildman–Crippen MR) is 125 cm³/mol. The number of hydrogen-bond donors (Lipinski definition) is 1. The van der Waals surface area contributed by atoms with Crippen molar-refractivity contribution in [1.82, 2.24) is 4.98 Å². The molecule has 0 aliphatic heterocycles. The van der Waals surface area contributed by atoms with Crippen LogP contribution in [0.3, 0.4) is 0 Å². The lowest BCUT2D eigenvalue weighted by Crippen LogP contribution is -2.10. The number of aromatic nitrogens is 1. The Labute approximate surface area is 177 Å². The fourth-order valence-electron chi connectivity index (χ4n) is 3.67. The first-order chi connectivity index (χ1) is 14.7. The van der Waals surface area contributed by atoms with Gasteiger partial charge in [0, 0.05) is 28.6 Å². The van der Waals surface area contributed by atoms with Crippen molar-refractivity contribution in [2.45, 2.75) is 32.6 Å². The van der Waals surface area contributed by atoms with E-state index in [1.54, 1.807) is 0 Å². The monoisotopic (exact) mass is 394 g/mol. The summed E-state index contributed by atoms with van der Waals surface area (Å²) in [5, 5.41) is 4.05. The Bertz CT molecular complexity index is 1140. The van der Waals surface area contributed by atoms with Crippen molar-refractivity contribution in [3.05, 3.63) is 84.9 Å². The lowest BCUT2D eigenvalue weighted by Gasteiger charge is -2.13. The van der Waals surface area contributed by atoms with Gasteiger partial charge in [0.25, 0.3) is 0 Å². The molecule has 3 heteroatoms. The molecule has 3 aromatic carbocycles. The molecule has 0 fully saturated rings. The summed E-state index contributed by atoms with van der Waals surface area (Å²) in [6.07, 6.45) is 3.68. The Kier molecular flexibility index (Phi) is 6.19. The molecular weight excluding hydrogens is 368 g/mol. The number of anilines is 1. The summed E-state index contributed by atoms with van der Waals surface area (Å²) in [6.45, 7) is 2.14. The first-order valence-corrected chi connectivity index (χ1v) is 10.6. The van der Waals surface area contributed by atoms with Crippen molar-refractivity contribution in [2.24, 2.45) is 0 Å². The summed E-state index contributed by atoms with van der Waals surface area (Å²) in [5.41, 5.74) is 5.99. The highest BCUT2D eigenvalue weighted by Crippen LogP contribution is 2.34. The first kappa shape index (κ1) is 19.8. The number of hydrogen-bond acceptors (Lipinski definition) is 2. The average molecular weight is 395 g/mol. The minimum absolute atomic E-state index is 0.0694. The first-order valence-electron chi connectivity index (χ1n) is 10.6. The second-order valence-electron chi connectivity index (χ2n) is 7.53. The Balaban J connectivity index is 1.73. The van der Waals surface area contributed by atoms with Gasteiger partial charge in [-0.15, -0.1) is 0 Å². The Hall–Kier alpha value is -3.46. The molecule has 1 amide bonds. The lowest BCUT2D eigenvalue weighted by molar-refractivity contribution is -0.116. The number of rotatable bonds is 7. The van der Waals surface area contributed by atoms with Crippen LogP contribution in [-0.4, -0.2) is 10.9 Å². The summed E-state index contributed by atoms with van der Waals surface area (Å²) in [4.78, 5) is 17.2. The molecule has 0 saturated carbocycles. The SMILES string of the molecule is CCCCCC(=O)Nc1ccc2nc(-c3ccccc3)c(-c3ccccc3)cc2c1. The maximum Gasteiger partial charge on any atom is 0.224 e. The zero-order valence-corrected chi connectivity index (χ0v) is 17.3. The molecule has 0 spiro atoms. The van der Waals surface area contributed by atoms with E-state index >= 15 is 0 Å². The highest BCUT2D eigenvalue weighted by atomic mass is 16.1. The molecule has 0 bridgehead atoms. The van der Waals surface area contributed by atoms with Gasteiger partial charge in [0.2, 0.25) is 5.91 Å². The largest absolute Gasteiger partial charge is 0.326 e. The zero-order chi connectivity index (χ0) is 20.8. The van der Waals surface area contributed by atoms with E-state index in [4.69, 9.17) is 4.98 Å². The second-order valence-corrected chi connectivity index (χ2v) is 7.53. The van der Waals surface area contributed by atoms with Crippen LogP contribution >= 0.6 is 0 Å². The number of nitrogens with one attached hydrogen (secondary N) is 1. The van der Waals surface area contributed by atoms with Crippen LogP contribution in [0.1, 0.15) is 32.6 Å². The standard InChI is InChI=1S/C27H26N2O/c1-2-3-6-15-26(30)28-23-16-17-25-22(18-23)19-24(20-11-7-4-8-12-20)27(29-25)21-13-9-5-10-14-21/h4-5,7-14,16-19H,2-3,6,15H2,1H3,(H,28,30). The van der Waals surface area contributed by atoms with Gasteiger partial charge < -0.3 is 5.32 Å². The maximum absolute atomic E-state index is 12.2. The van der Waals surface area contributed by atoms with Gasteiger partial charge in [-0.05, 0) is 36.2 Å². The molecule has 0 radical (unpaired) electrons. The van der Waals surface area contributed by atoms with Crippen LogP contribution in [0.15, 0.2) is 84.9 Å². The molecule has 1 N–H and O–H groups in total. The summed E-state index contributed by atoms with van der Waals surface area (Å²) >= 11 is 0. The van der Waals surface area contributed by atoms with Crippen LogP contribution in [0, 0.1) is 0 Å². The van der Waals surface area contributed by atoms with Crippen molar-refractivity contribution in [3.8, 4) is 22.4 Å². The van der Waals surface area contributed by atoms with E-state index < -0.39 is 0 Å². The molecule has 3 nitrogen and oxygen atoms in total. The number of benzene rings is 3. The Morgan fingerprint density at radius 3 is 2.23 bits per heavy atom. The summed E-state index contributed by atoms with van der Waals surface area (Å²) < 4.78 is 0. The van der Waals surface area contributed by atoms with Gasteiger partial charge in [0.15, 0.2) is 0 Å². The van der Waals surface area contributed by atoms with Crippen LogP contribution < -0.4 is 5.32 Å².